The van der Waals surface area contributed by atoms with E-state index in [0.717, 1.165) is 4.31 Å². The van der Waals surface area contributed by atoms with Gasteiger partial charge in [0.2, 0.25) is 0 Å². The third-order valence-corrected chi connectivity index (χ3v) is 4.22. The van der Waals surface area contributed by atoms with Gasteiger partial charge in [-0.25, -0.2) is 0 Å². The van der Waals surface area contributed by atoms with E-state index in [4.69, 9.17) is 11.6 Å². The maximum atomic E-state index is 12.1. The van der Waals surface area contributed by atoms with Crippen molar-refractivity contribution in [3.8, 4) is 0 Å². The Morgan fingerprint density at radius 1 is 1.40 bits per heavy atom. The molecule has 1 N–H and O–H groups in total. The Hall–Kier alpha value is -1.86. The fourth-order valence-electron chi connectivity index (χ4n) is 1.62. The smallest absolute Gasteiger partial charge is 0.322 e. The maximum Gasteiger partial charge on any atom is 0.344 e. The molecule has 6 nitrogen and oxygen atoms in total. The summed E-state index contributed by atoms with van der Waals surface area (Å²) in [5.41, 5.74) is 0.845. The zero-order valence-electron chi connectivity index (χ0n) is 10.8. The van der Waals surface area contributed by atoms with Crippen molar-refractivity contribution in [2.24, 2.45) is 4.40 Å². The van der Waals surface area contributed by atoms with Crippen molar-refractivity contribution < 1.29 is 13.2 Å². The van der Waals surface area contributed by atoms with Gasteiger partial charge in [0.1, 0.15) is 0 Å². The molecule has 1 aromatic rings. The van der Waals surface area contributed by atoms with Gasteiger partial charge in [0.25, 0.3) is 5.91 Å². The predicted octanol–water partition coefficient (Wildman–Crippen LogP) is 1.81. The van der Waals surface area contributed by atoms with Gasteiger partial charge >= 0.3 is 10.2 Å². The molecule has 20 heavy (non-hydrogen) atoms. The number of rotatable bonds is 2. The third-order valence-electron chi connectivity index (χ3n) is 2.64. The van der Waals surface area contributed by atoms with Crippen LogP contribution in [0, 0.1) is 0 Å². The largest absolute Gasteiger partial charge is 0.344 e. The molecule has 1 aromatic carbocycles. The van der Waals surface area contributed by atoms with Crippen LogP contribution in [-0.4, -0.2) is 31.4 Å². The normalized spacial score (nSPS) is 17.2. The quantitative estimate of drug-likeness (QED) is 0.904. The Labute approximate surface area is 121 Å². The Balaban J connectivity index is 2.25. The summed E-state index contributed by atoms with van der Waals surface area (Å²) in [5.74, 6) is -0.449. The number of carbonyl (C=O) groups excluding carboxylic acids is 1. The molecule has 0 unspecified atom stereocenters. The Bertz CT molecular complexity index is 725. The minimum atomic E-state index is -3.71. The van der Waals surface area contributed by atoms with Gasteiger partial charge in [-0.05, 0) is 25.1 Å². The van der Waals surface area contributed by atoms with Gasteiger partial charge in [-0.3, -0.25) is 9.10 Å². The first-order chi connectivity index (χ1) is 9.29. The van der Waals surface area contributed by atoms with Crippen molar-refractivity contribution in [2.45, 2.75) is 6.92 Å². The van der Waals surface area contributed by atoms with E-state index >= 15 is 0 Å². The zero-order chi connectivity index (χ0) is 14.9. The van der Waals surface area contributed by atoms with Crippen LogP contribution in [0.3, 0.4) is 0 Å². The van der Waals surface area contributed by atoms with Crippen molar-refractivity contribution in [1.29, 1.82) is 0 Å². The summed E-state index contributed by atoms with van der Waals surface area (Å²) >= 11 is 5.83. The molecule has 0 radical (unpaired) electrons. The summed E-state index contributed by atoms with van der Waals surface area (Å²) in [5, 5.41) is 3.13. The van der Waals surface area contributed by atoms with E-state index in [1.165, 1.54) is 20.2 Å². The highest BCUT2D eigenvalue weighted by Gasteiger charge is 2.25. The molecular weight excluding hydrogens is 302 g/mol. The second kappa shape index (κ2) is 5.26. The lowest BCUT2D eigenvalue weighted by Crippen LogP contribution is -2.30. The maximum absolute atomic E-state index is 12.1. The van der Waals surface area contributed by atoms with Crippen LogP contribution in [0.5, 0.6) is 0 Å². The van der Waals surface area contributed by atoms with Gasteiger partial charge in [-0.2, -0.15) is 8.42 Å². The highest BCUT2D eigenvalue weighted by Crippen LogP contribution is 2.18. The molecule has 0 saturated carbocycles. The van der Waals surface area contributed by atoms with Crippen molar-refractivity contribution >= 4 is 39.1 Å². The van der Waals surface area contributed by atoms with Crippen molar-refractivity contribution in [2.75, 3.05) is 12.4 Å². The number of nitrogens with zero attached hydrogens (tertiary/aromatic N) is 2. The Morgan fingerprint density at radius 2 is 2.10 bits per heavy atom. The first-order valence-electron chi connectivity index (χ1n) is 5.63. The minimum Gasteiger partial charge on any atom is -0.322 e. The number of halogens is 1. The van der Waals surface area contributed by atoms with Gasteiger partial charge in [-0.1, -0.05) is 17.7 Å². The van der Waals surface area contributed by atoms with Crippen LogP contribution in [-0.2, 0) is 15.0 Å². The van der Waals surface area contributed by atoms with Crippen molar-refractivity contribution in [1.82, 2.24) is 4.31 Å². The summed E-state index contributed by atoms with van der Waals surface area (Å²) < 4.78 is 27.4. The van der Waals surface area contributed by atoms with Crippen LogP contribution in [0.1, 0.15) is 6.92 Å². The molecule has 0 aliphatic carbocycles. The van der Waals surface area contributed by atoms with Crippen LogP contribution in [0.25, 0.3) is 0 Å². The summed E-state index contributed by atoms with van der Waals surface area (Å²) in [6, 6.07) is 6.66. The minimum absolute atomic E-state index is 0.141. The molecule has 0 spiro atoms. The van der Waals surface area contributed by atoms with Gasteiger partial charge in [0.05, 0.1) is 11.3 Å². The fraction of sp³-hybridized carbons (Fsp3) is 0.167. The van der Waals surface area contributed by atoms with Crippen LogP contribution < -0.4 is 5.32 Å². The molecule has 8 heteroatoms. The average molecular weight is 314 g/mol. The van der Waals surface area contributed by atoms with Gasteiger partial charge in [-0.15, -0.1) is 4.40 Å². The van der Waals surface area contributed by atoms with E-state index in [9.17, 15) is 13.2 Å². The average Bonchev–Trinajstić information content (AvgIpc) is 2.33. The Morgan fingerprint density at radius 3 is 2.75 bits per heavy atom. The van der Waals surface area contributed by atoms with E-state index in [0.29, 0.717) is 10.7 Å². The summed E-state index contributed by atoms with van der Waals surface area (Å²) in [6.07, 6.45) is 1.23. The molecule has 0 fully saturated rings. The fourth-order valence-corrected chi connectivity index (χ4v) is 2.62. The zero-order valence-corrected chi connectivity index (χ0v) is 12.4. The van der Waals surface area contributed by atoms with E-state index in [-0.39, 0.29) is 11.3 Å². The summed E-state index contributed by atoms with van der Waals surface area (Å²) in [6.45, 7) is 1.47. The van der Waals surface area contributed by atoms with Crippen molar-refractivity contribution in [3.05, 3.63) is 41.1 Å². The molecule has 1 aliphatic heterocycles. The second-order valence-electron chi connectivity index (χ2n) is 4.18. The van der Waals surface area contributed by atoms with Gasteiger partial charge in [0.15, 0.2) is 0 Å². The standard InChI is InChI=1S/C12H12ClN3O3S/c1-8-11(7-16(2)20(18,19)15-8)12(17)14-10-5-3-4-9(13)6-10/h3-7H,1-2H3,(H,14,17). The lowest BCUT2D eigenvalue weighted by molar-refractivity contribution is -0.112. The lowest BCUT2D eigenvalue weighted by Gasteiger charge is -2.19. The molecule has 0 aromatic heterocycles. The number of hydrogen-bond donors (Lipinski definition) is 1. The van der Waals surface area contributed by atoms with Crippen LogP contribution in [0.2, 0.25) is 5.02 Å². The monoisotopic (exact) mass is 313 g/mol. The highest BCUT2D eigenvalue weighted by atomic mass is 35.5. The molecule has 1 heterocycles. The van der Waals surface area contributed by atoms with E-state index in [1.54, 1.807) is 24.3 Å². The molecule has 0 bridgehead atoms. The third kappa shape index (κ3) is 3.00. The number of carbonyl (C=O) groups is 1. The summed E-state index contributed by atoms with van der Waals surface area (Å²) in [7, 11) is -2.40. The topological polar surface area (TPSA) is 78.8 Å². The molecular formula is C12H12ClN3O3S. The number of anilines is 1. The van der Waals surface area contributed by atoms with Crippen LogP contribution in [0.15, 0.2) is 40.4 Å². The number of hydrogen-bond acceptors (Lipinski definition) is 3. The van der Waals surface area contributed by atoms with E-state index in [1.807, 2.05) is 0 Å². The predicted molar refractivity (Wildman–Crippen MR) is 78.0 cm³/mol. The van der Waals surface area contributed by atoms with Gasteiger partial charge in [0, 0.05) is 24.0 Å². The number of nitrogens with one attached hydrogen (secondary N) is 1. The number of benzene rings is 1. The molecule has 2 rings (SSSR count). The second-order valence-corrected chi connectivity index (χ2v) is 6.27. The molecule has 0 atom stereocenters. The first-order valence-corrected chi connectivity index (χ1v) is 7.41. The number of amides is 1. The Kier molecular flexibility index (Phi) is 3.82. The molecule has 0 saturated heterocycles. The first kappa shape index (κ1) is 14.5. The van der Waals surface area contributed by atoms with E-state index < -0.39 is 16.1 Å². The molecule has 1 amide bonds. The SMILES string of the molecule is CC1=NS(=O)(=O)N(C)C=C1C(=O)Nc1cccc(Cl)c1. The van der Waals surface area contributed by atoms with Gasteiger partial charge < -0.3 is 5.32 Å². The molecule has 106 valence electrons. The van der Waals surface area contributed by atoms with Crippen molar-refractivity contribution in [3.63, 3.8) is 0 Å². The highest BCUT2D eigenvalue weighted by molar-refractivity contribution is 7.88. The summed E-state index contributed by atoms with van der Waals surface area (Å²) in [4.78, 5) is 12.1. The lowest BCUT2D eigenvalue weighted by atomic mass is 10.1. The van der Waals surface area contributed by atoms with E-state index in [2.05, 4.69) is 9.71 Å². The van der Waals surface area contributed by atoms with Crippen LogP contribution in [0.4, 0.5) is 5.69 Å². The van der Waals surface area contributed by atoms with Crippen LogP contribution >= 0.6 is 11.6 Å². The molecule has 1 aliphatic rings.